The zero-order valence-electron chi connectivity index (χ0n) is 13.1. The van der Waals surface area contributed by atoms with Gasteiger partial charge in [-0.2, -0.15) is 10.2 Å². The number of hydrogen-bond donors (Lipinski definition) is 1. The first-order valence-electron chi connectivity index (χ1n) is 7.57. The average molecular weight is 340 g/mol. The van der Waals surface area contributed by atoms with Crippen molar-refractivity contribution in [1.82, 2.24) is 15.2 Å². The molecule has 6 nitrogen and oxygen atoms in total. The van der Waals surface area contributed by atoms with Crippen molar-refractivity contribution in [2.24, 2.45) is 5.10 Å². The summed E-state index contributed by atoms with van der Waals surface area (Å²) in [6, 6.07) is 10.8. The number of rotatable bonds is 5. The van der Waals surface area contributed by atoms with Gasteiger partial charge in [0, 0.05) is 16.8 Å². The average Bonchev–Trinajstić information content (AvgIpc) is 3.11. The van der Waals surface area contributed by atoms with E-state index in [2.05, 4.69) is 15.6 Å². The summed E-state index contributed by atoms with van der Waals surface area (Å²) >= 11 is 1.52. The minimum atomic E-state index is -0.441. The zero-order valence-corrected chi connectivity index (χ0v) is 13.9. The van der Waals surface area contributed by atoms with Crippen molar-refractivity contribution in [3.8, 4) is 0 Å². The van der Waals surface area contributed by atoms with E-state index in [1.807, 2.05) is 24.4 Å². The second-order valence-electron chi connectivity index (χ2n) is 5.14. The van der Waals surface area contributed by atoms with E-state index in [4.69, 9.17) is 0 Å². The number of hydrazone groups is 1. The molecule has 2 aromatic heterocycles. The van der Waals surface area contributed by atoms with Crippen LogP contribution >= 0.6 is 11.3 Å². The predicted molar refractivity (Wildman–Crippen MR) is 95.7 cm³/mol. The number of fused-ring (bicyclic) bond motifs is 1. The molecule has 0 aliphatic rings. The highest BCUT2D eigenvalue weighted by molar-refractivity contribution is 7.11. The molecule has 3 rings (SSSR count). The number of benzene rings is 1. The maximum atomic E-state index is 12.5. The topological polar surface area (TPSA) is 76.3 Å². The molecule has 0 unspecified atom stereocenters. The van der Waals surface area contributed by atoms with E-state index in [0.717, 1.165) is 11.3 Å². The molecular weight excluding hydrogens is 324 g/mol. The summed E-state index contributed by atoms with van der Waals surface area (Å²) in [5.74, 6) is -0.441. The number of aryl methyl sites for hydroxylation is 1. The number of nitrogens with zero attached hydrogens (tertiary/aromatic N) is 3. The van der Waals surface area contributed by atoms with Crippen molar-refractivity contribution < 1.29 is 4.79 Å². The quantitative estimate of drug-likeness (QED) is 0.573. The lowest BCUT2D eigenvalue weighted by atomic mass is 10.1. The molecule has 7 heteroatoms. The molecule has 0 bridgehead atoms. The number of carbonyl (C=O) groups is 1. The van der Waals surface area contributed by atoms with Gasteiger partial charge in [-0.05, 0) is 23.9 Å². The molecule has 0 atom stereocenters. The van der Waals surface area contributed by atoms with Crippen LogP contribution in [-0.4, -0.2) is 21.9 Å². The van der Waals surface area contributed by atoms with Gasteiger partial charge in [-0.15, -0.1) is 11.3 Å². The highest BCUT2D eigenvalue weighted by Gasteiger charge is 2.15. The molecule has 1 aromatic carbocycles. The van der Waals surface area contributed by atoms with E-state index in [1.54, 1.807) is 30.5 Å². The number of carbonyl (C=O) groups excluding carboxylic acids is 1. The van der Waals surface area contributed by atoms with Gasteiger partial charge in [0.25, 0.3) is 11.5 Å². The second-order valence-corrected chi connectivity index (χ2v) is 6.12. The summed E-state index contributed by atoms with van der Waals surface area (Å²) in [5, 5.41) is 11.1. The van der Waals surface area contributed by atoms with Crippen LogP contribution in [0.5, 0.6) is 0 Å². The maximum absolute atomic E-state index is 12.5. The lowest BCUT2D eigenvalue weighted by Crippen LogP contribution is -2.29. The van der Waals surface area contributed by atoms with Gasteiger partial charge in [-0.1, -0.05) is 31.2 Å². The van der Waals surface area contributed by atoms with Gasteiger partial charge in [0.2, 0.25) is 0 Å². The van der Waals surface area contributed by atoms with E-state index in [1.165, 1.54) is 16.0 Å². The van der Waals surface area contributed by atoms with Crippen molar-refractivity contribution >= 4 is 34.2 Å². The zero-order chi connectivity index (χ0) is 16.9. The molecule has 1 amide bonds. The molecule has 3 aromatic rings. The second kappa shape index (κ2) is 7.18. The van der Waals surface area contributed by atoms with Gasteiger partial charge < -0.3 is 0 Å². The number of aromatic nitrogens is 2. The number of thiophene rings is 1. The lowest BCUT2D eigenvalue weighted by Gasteiger charge is -2.09. The molecule has 122 valence electrons. The number of hydrogen-bond acceptors (Lipinski definition) is 5. The van der Waals surface area contributed by atoms with Crippen LogP contribution in [0.1, 0.15) is 28.7 Å². The van der Waals surface area contributed by atoms with Crippen LogP contribution < -0.4 is 11.0 Å². The summed E-state index contributed by atoms with van der Waals surface area (Å²) in [7, 11) is 0. The van der Waals surface area contributed by atoms with E-state index < -0.39 is 5.91 Å². The van der Waals surface area contributed by atoms with Gasteiger partial charge >= 0.3 is 0 Å². The monoisotopic (exact) mass is 340 g/mol. The molecule has 0 fully saturated rings. The maximum Gasteiger partial charge on any atom is 0.292 e. The van der Waals surface area contributed by atoms with Crippen LogP contribution in [0, 0.1) is 0 Å². The number of nitrogens with one attached hydrogen (secondary N) is 1. The Morgan fingerprint density at radius 2 is 2.08 bits per heavy atom. The third kappa shape index (κ3) is 3.26. The predicted octanol–water partition coefficient (Wildman–Crippen LogP) is 2.63. The van der Waals surface area contributed by atoms with Crippen molar-refractivity contribution in [2.75, 3.05) is 0 Å². The fourth-order valence-electron chi connectivity index (χ4n) is 2.34. The van der Waals surface area contributed by atoms with E-state index in [0.29, 0.717) is 17.3 Å². The molecule has 0 saturated carbocycles. The van der Waals surface area contributed by atoms with Gasteiger partial charge in [-0.25, -0.2) is 10.1 Å². The Hall–Kier alpha value is -2.80. The van der Waals surface area contributed by atoms with Crippen molar-refractivity contribution in [2.45, 2.75) is 19.9 Å². The van der Waals surface area contributed by atoms with Crippen LogP contribution in [0.3, 0.4) is 0 Å². The molecule has 0 spiro atoms. The third-order valence-electron chi connectivity index (χ3n) is 3.42. The number of amides is 1. The lowest BCUT2D eigenvalue weighted by molar-refractivity contribution is 0.0949. The van der Waals surface area contributed by atoms with Crippen LogP contribution in [0.15, 0.2) is 51.7 Å². The first-order valence-corrected chi connectivity index (χ1v) is 8.45. The molecule has 0 aliphatic heterocycles. The molecule has 0 radical (unpaired) electrons. The highest BCUT2D eigenvalue weighted by atomic mass is 32.1. The van der Waals surface area contributed by atoms with E-state index in [-0.39, 0.29) is 11.3 Å². The minimum Gasteiger partial charge on any atom is -0.267 e. The van der Waals surface area contributed by atoms with Crippen LogP contribution in [0.4, 0.5) is 0 Å². The summed E-state index contributed by atoms with van der Waals surface area (Å²) in [6.45, 7) is 2.41. The van der Waals surface area contributed by atoms with E-state index >= 15 is 0 Å². The van der Waals surface area contributed by atoms with Gasteiger partial charge in [-0.3, -0.25) is 9.59 Å². The Morgan fingerprint density at radius 3 is 2.79 bits per heavy atom. The fraction of sp³-hybridized carbons (Fsp3) is 0.176. The fourth-order valence-corrected chi connectivity index (χ4v) is 2.92. The third-order valence-corrected chi connectivity index (χ3v) is 4.23. The van der Waals surface area contributed by atoms with Crippen molar-refractivity contribution in [3.63, 3.8) is 0 Å². The van der Waals surface area contributed by atoms with Gasteiger partial charge in [0.05, 0.1) is 11.6 Å². The van der Waals surface area contributed by atoms with Crippen LogP contribution in [0.25, 0.3) is 10.8 Å². The molecule has 1 N–H and O–H groups in total. The van der Waals surface area contributed by atoms with Crippen LogP contribution in [0.2, 0.25) is 0 Å². The Kier molecular flexibility index (Phi) is 4.81. The SMILES string of the molecule is CCCn1nc(C(=O)N/N=C/c2cccs2)c2ccccc2c1=O. The molecule has 2 heterocycles. The van der Waals surface area contributed by atoms with Crippen molar-refractivity contribution in [1.29, 1.82) is 0 Å². The molecule has 0 aliphatic carbocycles. The standard InChI is InChI=1S/C17H16N4O2S/c1-2-9-21-17(23)14-8-4-3-7-13(14)15(20-21)16(22)19-18-11-12-6-5-10-24-12/h3-8,10-11H,2,9H2,1H3,(H,19,22)/b18-11+. The normalized spacial score (nSPS) is 11.2. The summed E-state index contributed by atoms with van der Waals surface area (Å²) < 4.78 is 1.33. The summed E-state index contributed by atoms with van der Waals surface area (Å²) in [4.78, 5) is 25.8. The first kappa shape index (κ1) is 16.1. The Bertz CT molecular complexity index is 945. The first-order chi connectivity index (χ1) is 11.7. The molecule has 0 saturated heterocycles. The Labute approximate surface area is 142 Å². The van der Waals surface area contributed by atoms with Gasteiger partial charge in [0.15, 0.2) is 5.69 Å². The Balaban J connectivity index is 1.96. The summed E-state index contributed by atoms with van der Waals surface area (Å²) in [6.07, 6.45) is 2.33. The summed E-state index contributed by atoms with van der Waals surface area (Å²) in [5.41, 5.74) is 2.48. The van der Waals surface area contributed by atoms with E-state index in [9.17, 15) is 9.59 Å². The highest BCUT2D eigenvalue weighted by Crippen LogP contribution is 2.13. The molecular formula is C17H16N4O2S. The molecule has 24 heavy (non-hydrogen) atoms. The van der Waals surface area contributed by atoms with Crippen LogP contribution in [-0.2, 0) is 6.54 Å². The largest absolute Gasteiger partial charge is 0.292 e. The minimum absolute atomic E-state index is 0.189. The Morgan fingerprint density at radius 1 is 1.29 bits per heavy atom. The van der Waals surface area contributed by atoms with Crippen molar-refractivity contribution in [3.05, 3.63) is 62.7 Å². The van der Waals surface area contributed by atoms with Gasteiger partial charge in [0.1, 0.15) is 0 Å². The smallest absolute Gasteiger partial charge is 0.267 e.